The van der Waals surface area contributed by atoms with Crippen LogP contribution in [0.4, 0.5) is 0 Å². The van der Waals surface area contributed by atoms with Crippen molar-refractivity contribution in [3.05, 3.63) is 35.9 Å². The Bertz CT molecular complexity index is 683. The number of halogens is 1. The third-order valence-corrected chi connectivity index (χ3v) is 5.22. The van der Waals surface area contributed by atoms with Crippen molar-refractivity contribution in [2.45, 2.75) is 63.3 Å². The number of hydrogen-bond acceptors (Lipinski definition) is 3. The topological polar surface area (TPSA) is 106 Å². The molecular weight excluding hydrogens is 368 g/mol. The summed E-state index contributed by atoms with van der Waals surface area (Å²) >= 11 is 0. The molecule has 2 aliphatic heterocycles. The summed E-state index contributed by atoms with van der Waals surface area (Å²) in [6.07, 6.45) is 2.94. The van der Waals surface area contributed by atoms with Crippen LogP contribution in [0.5, 0.6) is 0 Å². The first kappa shape index (κ1) is 21.2. The fourth-order valence-corrected chi connectivity index (χ4v) is 3.77. The molecule has 2 heterocycles. The van der Waals surface area contributed by atoms with E-state index in [1.165, 1.54) is 0 Å². The van der Waals surface area contributed by atoms with Gasteiger partial charge in [-0.05, 0) is 38.2 Å². The second kappa shape index (κ2) is 9.19. The summed E-state index contributed by atoms with van der Waals surface area (Å²) in [6, 6.07) is 8.38. The van der Waals surface area contributed by atoms with Crippen LogP contribution in [0.3, 0.4) is 0 Å². The molecule has 0 bridgehead atoms. The monoisotopic (exact) mass is 394 g/mol. The van der Waals surface area contributed by atoms with Crippen molar-refractivity contribution in [3.63, 3.8) is 0 Å². The number of benzene rings is 1. The zero-order valence-corrected chi connectivity index (χ0v) is 16.2. The summed E-state index contributed by atoms with van der Waals surface area (Å²) in [5.74, 6) is -0.499. The summed E-state index contributed by atoms with van der Waals surface area (Å²) in [5.41, 5.74) is 4.71. The van der Waals surface area contributed by atoms with E-state index >= 15 is 0 Å². The molecule has 0 unspecified atom stereocenters. The first-order valence-corrected chi connectivity index (χ1v) is 9.24. The zero-order valence-electron chi connectivity index (χ0n) is 15.5. The van der Waals surface area contributed by atoms with Gasteiger partial charge in [0.1, 0.15) is 12.1 Å². The van der Waals surface area contributed by atoms with Gasteiger partial charge in [0.25, 0.3) is 5.91 Å². The average molecular weight is 395 g/mol. The molecule has 0 radical (unpaired) electrons. The van der Waals surface area contributed by atoms with Gasteiger partial charge in [-0.15, -0.1) is 0 Å². The molecule has 3 rings (SSSR count). The van der Waals surface area contributed by atoms with Gasteiger partial charge in [-0.3, -0.25) is 14.4 Å². The van der Waals surface area contributed by atoms with Gasteiger partial charge in [-0.25, -0.2) is 0 Å². The summed E-state index contributed by atoms with van der Waals surface area (Å²) in [6.45, 7) is 2.14. The summed E-state index contributed by atoms with van der Waals surface area (Å²) in [4.78, 5) is 39.1. The maximum absolute atomic E-state index is 12.9. The van der Waals surface area contributed by atoms with Crippen LogP contribution < -0.4 is 28.8 Å². The van der Waals surface area contributed by atoms with Crippen LogP contribution in [-0.4, -0.2) is 46.8 Å². The molecular formula is C19H27ClN4O3. The van der Waals surface area contributed by atoms with Gasteiger partial charge in [0, 0.05) is 12.6 Å². The number of carbonyl (C=O) groups is 3. The van der Waals surface area contributed by atoms with Crippen molar-refractivity contribution in [2.24, 2.45) is 0 Å². The van der Waals surface area contributed by atoms with E-state index in [4.69, 9.17) is 0 Å². The predicted octanol–water partition coefficient (Wildman–Crippen LogP) is -3.42. The minimum atomic E-state index is -0.550. The van der Waals surface area contributed by atoms with E-state index in [1.54, 1.807) is 11.8 Å². The largest absolute Gasteiger partial charge is 1.00 e. The number of amides is 3. The van der Waals surface area contributed by atoms with E-state index in [0.29, 0.717) is 19.4 Å². The lowest BCUT2D eigenvalue weighted by atomic mass is 9.97. The molecule has 1 aromatic carbocycles. The number of quaternary nitrogens is 1. The van der Waals surface area contributed by atoms with Gasteiger partial charge < -0.3 is 33.7 Å². The van der Waals surface area contributed by atoms with Crippen molar-refractivity contribution in [3.8, 4) is 0 Å². The van der Waals surface area contributed by atoms with Crippen LogP contribution in [0.2, 0.25) is 0 Å². The molecule has 3 amide bonds. The van der Waals surface area contributed by atoms with E-state index in [-0.39, 0.29) is 36.2 Å². The first-order chi connectivity index (χ1) is 12.5. The average Bonchev–Trinajstić information content (AvgIpc) is 3.07. The molecule has 0 aromatic heterocycles. The highest BCUT2D eigenvalue weighted by Gasteiger charge is 2.46. The third kappa shape index (κ3) is 4.78. The van der Waals surface area contributed by atoms with Crippen LogP contribution in [0, 0.1) is 0 Å². The number of piperidine rings is 1. The molecule has 27 heavy (non-hydrogen) atoms. The van der Waals surface area contributed by atoms with Crippen molar-refractivity contribution >= 4 is 17.7 Å². The Labute approximate surface area is 165 Å². The van der Waals surface area contributed by atoms with Gasteiger partial charge in [0.2, 0.25) is 11.8 Å². The second-order valence-electron chi connectivity index (χ2n) is 7.24. The molecule has 5 N–H and O–H groups in total. The van der Waals surface area contributed by atoms with Crippen molar-refractivity contribution in [2.75, 3.05) is 0 Å². The van der Waals surface area contributed by atoms with Crippen LogP contribution in [-0.2, 0) is 20.9 Å². The Morgan fingerprint density at radius 2 is 1.85 bits per heavy atom. The third-order valence-electron chi connectivity index (χ3n) is 5.22. The Hall–Kier alpha value is -2.12. The van der Waals surface area contributed by atoms with Crippen molar-refractivity contribution < 1.29 is 32.5 Å². The minimum absolute atomic E-state index is 0. The van der Waals surface area contributed by atoms with Crippen LogP contribution >= 0.6 is 0 Å². The number of nitrogens with one attached hydrogen (secondary N) is 2. The summed E-state index contributed by atoms with van der Waals surface area (Å²) in [5, 5.41) is 5.71. The fourth-order valence-electron chi connectivity index (χ4n) is 3.77. The summed E-state index contributed by atoms with van der Waals surface area (Å²) in [7, 11) is 0. The molecule has 148 valence electrons. The first-order valence-electron chi connectivity index (χ1n) is 9.24. The predicted molar refractivity (Wildman–Crippen MR) is 95.5 cm³/mol. The molecule has 4 atom stereocenters. The Kier molecular flexibility index (Phi) is 7.21. The highest BCUT2D eigenvalue weighted by Crippen LogP contribution is 2.32. The highest BCUT2D eigenvalue weighted by molar-refractivity contribution is 5.93. The van der Waals surface area contributed by atoms with Crippen molar-refractivity contribution in [1.29, 1.82) is 0 Å². The maximum atomic E-state index is 12.9. The Morgan fingerprint density at radius 1 is 1.19 bits per heavy atom. The number of rotatable bonds is 5. The van der Waals surface area contributed by atoms with Crippen LogP contribution in [0.1, 0.15) is 38.2 Å². The minimum Gasteiger partial charge on any atom is -1.00 e. The summed E-state index contributed by atoms with van der Waals surface area (Å²) < 4.78 is 0. The van der Waals surface area contributed by atoms with Gasteiger partial charge in [0.05, 0.1) is 0 Å². The lowest BCUT2D eigenvalue weighted by Crippen LogP contribution is -3.00. The van der Waals surface area contributed by atoms with E-state index < -0.39 is 18.1 Å². The fraction of sp³-hybridized carbons (Fsp3) is 0.526. The molecule has 1 aromatic rings. The SMILES string of the molecule is C[C@H]([NH3+])C(=O)N[C@H]1CC[C@H]2CC[C@@H](C(=O)NCc3ccccc3)N2C1=O.[Cl-]. The molecule has 0 spiro atoms. The van der Waals surface area contributed by atoms with Crippen molar-refractivity contribution in [1.82, 2.24) is 15.5 Å². The zero-order chi connectivity index (χ0) is 18.7. The molecule has 8 heteroatoms. The molecule has 0 saturated carbocycles. The quantitative estimate of drug-likeness (QED) is 0.484. The van der Waals surface area contributed by atoms with Crippen LogP contribution in [0.15, 0.2) is 30.3 Å². The molecule has 0 aliphatic carbocycles. The number of fused-ring (bicyclic) bond motifs is 1. The highest BCUT2D eigenvalue weighted by atomic mass is 35.5. The standard InChI is InChI=1S/C19H26N4O3.ClH/c1-12(20)17(24)22-15-9-7-14-8-10-16(23(14)19(15)26)18(25)21-11-13-5-3-2-4-6-13;/h2-6,12,14-16H,7-11,20H2,1H3,(H,21,25)(H,22,24);1H/t12-,14-,15-,16-;/m0./s1. The molecule has 7 nitrogen and oxygen atoms in total. The van der Waals surface area contributed by atoms with Crippen LogP contribution in [0.25, 0.3) is 0 Å². The number of nitrogens with zero attached hydrogens (tertiary/aromatic N) is 1. The lowest BCUT2D eigenvalue weighted by Gasteiger charge is -2.37. The lowest BCUT2D eigenvalue weighted by molar-refractivity contribution is -0.398. The number of hydrogen-bond donors (Lipinski definition) is 3. The van der Waals surface area contributed by atoms with E-state index in [1.807, 2.05) is 30.3 Å². The van der Waals surface area contributed by atoms with E-state index in [9.17, 15) is 14.4 Å². The smallest absolute Gasteiger partial charge is 0.278 e. The number of carbonyl (C=O) groups excluding carboxylic acids is 3. The van der Waals surface area contributed by atoms with Gasteiger partial charge in [-0.1, -0.05) is 30.3 Å². The molecule has 2 fully saturated rings. The Balaban J connectivity index is 0.00000261. The van der Waals surface area contributed by atoms with Gasteiger partial charge in [0.15, 0.2) is 6.04 Å². The maximum Gasteiger partial charge on any atom is 0.278 e. The molecule has 2 aliphatic rings. The second-order valence-corrected chi connectivity index (χ2v) is 7.24. The molecule has 2 saturated heterocycles. The Morgan fingerprint density at radius 3 is 2.52 bits per heavy atom. The van der Waals surface area contributed by atoms with Gasteiger partial charge >= 0.3 is 0 Å². The van der Waals surface area contributed by atoms with E-state index in [2.05, 4.69) is 16.4 Å². The normalized spacial score (nSPS) is 25.2. The van der Waals surface area contributed by atoms with E-state index in [0.717, 1.165) is 18.4 Å². The van der Waals surface area contributed by atoms with Gasteiger partial charge in [-0.2, -0.15) is 0 Å².